The van der Waals surface area contributed by atoms with E-state index < -0.39 is 28.4 Å². The molecular formula is C29H27ClN4O5S. The molecule has 11 heteroatoms. The topological polar surface area (TPSA) is 118 Å². The van der Waals surface area contributed by atoms with Crippen molar-refractivity contribution in [3.05, 3.63) is 113 Å². The lowest BCUT2D eigenvalue weighted by Crippen LogP contribution is -2.38. The molecule has 0 spiro atoms. The fraction of sp³-hybridized carbons (Fsp3) is 0.138. The van der Waals surface area contributed by atoms with Gasteiger partial charge in [-0.15, -0.1) is 0 Å². The Morgan fingerprint density at radius 1 is 1.00 bits per heavy atom. The summed E-state index contributed by atoms with van der Waals surface area (Å²) in [6.07, 6.45) is 3.28. The van der Waals surface area contributed by atoms with Crippen molar-refractivity contribution >= 4 is 44.8 Å². The van der Waals surface area contributed by atoms with Gasteiger partial charge in [0.1, 0.15) is 12.3 Å². The predicted molar refractivity (Wildman–Crippen MR) is 154 cm³/mol. The van der Waals surface area contributed by atoms with Crippen molar-refractivity contribution < 1.29 is 22.7 Å². The number of carbonyl (C=O) groups excluding carboxylic acids is 2. The van der Waals surface area contributed by atoms with Crippen LogP contribution in [0.15, 0.2) is 96.2 Å². The molecule has 0 radical (unpaired) electrons. The zero-order valence-corrected chi connectivity index (χ0v) is 23.4. The van der Waals surface area contributed by atoms with Crippen LogP contribution in [0.4, 0.5) is 11.4 Å². The van der Waals surface area contributed by atoms with E-state index in [1.165, 1.54) is 31.4 Å². The van der Waals surface area contributed by atoms with Gasteiger partial charge in [0.15, 0.2) is 0 Å². The number of sulfonamides is 1. The molecule has 4 rings (SSSR count). The van der Waals surface area contributed by atoms with Gasteiger partial charge in [-0.05, 0) is 61.0 Å². The molecule has 3 aromatic carbocycles. The molecular weight excluding hydrogens is 552 g/mol. The van der Waals surface area contributed by atoms with Crippen molar-refractivity contribution in [1.82, 2.24) is 10.3 Å². The summed E-state index contributed by atoms with van der Waals surface area (Å²) in [5.74, 6) is -0.881. The SMILES string of the molecule is COc1ccc(Cl)cc1N(CC(=O)Nc1ccccc1C(=O)NCc1cccnc1)S(=O)(=O)c1ccc(C)cc1. The number of rotatable bonds is 10. The molecule has 4 aromatic rings. The molecule has 1 heterocycles. The molecule has 0 bridgehead atoms. The second-order valence-corrected chi connectivity index (χ2v) is 11.1. The molecule has 0 unspecified atom stereocenters. The minimum absolute atomic E-state index is 0.0110. The van der Waals surface area contributed by atoms with E-state index in [9.17, 15) is 18.0 Å². The van der Waals surface area contributed by atoms with Gasteiger partial charge in [0.2, 0.25) is 5.91 Å². The van der Waals surface area contributed by atoms with E-state index in [0.717, 1.165) is 15.4 Å². The largest absolute Gasteiger partial charge is 0.495 e. The number of para-hydroxylation sites is 1. The Bertz CT molecular complexity index is 1610. The summed E-state index contributed by atoms with van der Waals surface area (Å²) in [5, 5.41) is 5.74. The Labute approximate surface area is 237 Å². The third-order valence-electron chi connectivity index (χ3n) is 5.93. The van der Waals surface area contributed by atoms with Gasteiger partial charge in [0, 0.05) is 24.0 Å². The van der Waals surface area contributed by atoms with Gasteiger partial charge in [0.05, 0.1) is 28.9 Å². The number of aryl methyl sites for hydroxylation is 1. The molecule has 40 heavy (non-hydrogen) atoms. The number of anilines is 2. The molecule has 0 aliphatic rings. The molecule has 206 valence electrons. The molecule has 0 saturated heterocycles. The minimum Gasteiger partial charge on any atom is -0.495 e. The van der Waals surface area contributed by atoms with Crippen LogP contribution < -0.4 is 19.7 Å². The Kier molecular flexibility index (Phi) is 9.03. The van der Waals surface area contributed by atoms with Crippen molar-refractivity contribution in [2.24, 2.45) is 0 Å². The third kappa shape index (κ3) is 6.77. The lowest BCUT2D eigenvalue weighted by atomic mass is 10.1. The molecule has 1 aromatic heterocycles. The van der Waals surface area contributed by atoms with E-state index in [1.807, 2.05) is 13.0 Å². The van der Waals surface area contributed by atoms with Gasteiger partial charge in [-0.2, -0.15) is 0 Å². The van der Waals surface area contributed by atoms with Crippen LogP contribution in [-0.2, 0) is 21.4 Å². The quantitative estimate of drug-likeness (QED) is 0.279. The molecule has 0 aliphatic heterocycles. The van der Waals surface area contributed by atoms with Gasteiger partial charge in [-0.3, -0.25) is 18.9 Å². The normalized spacial score (nSPS) is 11.0. The Hall–Kier alpha value is -4.41. The van der Waals surface area contributed by atoms with Crippen LogP contribution in [0.25, 0.3) is 0 Å². The van der Waals surface area contributed by atoms with Crippen molar-refractivity contribution in [3.8, 4) is 5.75 Å². The van der Waals surface area contributed by atoms with E-state index in [0.29, 0.717) is 0 Å². The number of nitrogens with zero attached hydrogens (tertiary/aromatic N) is 2. The van der Waals surface area contributed by atoms with Crippen LogP contribution in [0.1, 0.15) is 21.5 Å². The first-order chi connectivity index (χ1) is 19.2. The van der Waals surface area contributed by atoms with Crippen LogP contribution in [0.5, 0.6) is 5.75 Å². The van der Waals surface area contributed by atoms with Gasteiger partial charge in [-0.25, -0.2) is 8.42 Å². The number of nitrogens with one attached hydrogen (secondary N) is 2. The number of methoxy groups -OCH3 is 1. The Morgan fingerprint density at radius 3 is 2.45 bits per heavy atom. The average molecular weight is 579 g/mol. The molecule has 2 amide bonds. The van der Waals surface area contributed by atoms with E-state index >= 15 is 0 Å². The molecule has 0 fully saturated rings. The summed E-state index contributed by atoms with van der Waals surface area (Å²) >= 11 is 6.20. The van der Waals surface area contributed by atoms with Crippen LogP contribution >= 0.6 is 11.6 Å². The van der Waals surface area contributed by atoms with E-state index in [1.54, 1.807) is 60.9 Å². The summed E-state index contributed by atoms with van der Waals surface area (Å²) in [4.78, 5) is 30.3. The van der Waals surface area contributed by atoms with E-state index in [4.69, 9.17) is 16.3 Å². The summed E-state index contributed by atoms with van der Waals surface area (Å²) in [7, 11) is -2.83. The number of amides is 2. The molecule has 0 saturated carbocycles. The summed E-state index contributed by atoms with van der Waals surface area (Å²) in [6.45, 7) is 1.47. The van der Waals surface area contributed by atoms with Crippen LogP contribution in [0.3, 0.4) is 0 Å². The number of pyridine rings is 1. The maximum atomic E-state index is 13.8. The Morgan fingerprint density at radius 2 is 1.75 bits per heavy atom. The molecule has 0 aliphatic carbocycles. The highest BCUT2D eigenvalue weighted by Gasteiger charge is 2.30. The van der Waals surface area contributed by atoms with Gasteiger partial charge in [-0.1, -0.05) is 47.5 Å². The van der Waals surface area contributed by atoms with Crippen molar-refractivity contribution in [3.63, 3.8) is 0 Å². The van der Waals surface area contributed by atoms with Gasteiger partial charge in [0.25, 0.3) is 15.9 Å². The number of hydrogen-bond acceptors (Lipinski definition) is 6. The zero-order valence-electron chi connectivity index (χ0n) is 21.8. The number of ether oxygens (including phenoxy) is 1. The Balaban J connectivity index is 1.62. The first kappa shape index (κ1) is 28.6. The number of halogens is 1. The number of benzene rings is 3. The zero-order chi connectivity index (χ0) is 28.7. The number of carbonyl (C=O) groups is 2. The maximum Gasteiger partial charge on any atom is 0.264 e. The first-order valence-corrected chi connectivity index (χ1v) is 14.0. The van der Waals surface area contributed by atoms with Crippen LogP contribution in [0, 0.1) is 6.92 Å². The average Bonchev–Trinajstić information content (AvgIpc) is 2.95. The summed E-state index contributed by atoms with van der Waals surface area (Å²) in [5.41, 5.74) is 2.22. The number of hydrogen-bond donors (Lipinski definition) is 2. The van der Waals surface area contributed by atoms with Crippen LogP contribution in [-0.4, -0.2) is 38.9 Å². The lowest BCUT2D eigenvalue weighted by Gasteiger charge is -2.26. The molecule has 2 N–H and O–H groups in total. The minimum atomic E-state index is -4.22. The second kappa shape index (κ2) is 12.6. The molecule has 9 nitrogen and oxygen atoms in total. The lowest BCUT2D eigenvalue weighted by molar-refractivity contribution is -0.114. The van der Waals surface area contributed by atoms with E-state index in [2.05, 4.69) is 15.6 Å². The monoisotopic (exact) mass is 578 g/mol. The summed E-state index contributed by atoms with van der Waals surface area (Å²) < 4.78 is 33.9. The second-order valence-electron chi connectivity index (χ2n) is 8.78. The summed E-state index contributed by atoms with van der Waals surface area (Å²) in [6, 6.07) is 20.8. The first-order valence-electron chi connectivity index (χ1n) is 12.2. The standard InChI is InChI=1S/C29H27ClN4O5S/c1-20-9-12-23(13-10-20)40(37,38)34(26-16-22(30)11-14-27(26)39-2)19-28(35)33-25-8-4-3-7-24(25)29(36)32-18-21-6-5-15-31-17-21/h3-17H,18-19H2,1-2H3,(H,32,36)(H,33,35). The fourth-order valence-corrected chi connectivity index (χ4v) is 5.48. The van der Waals surface area contributed by atoms with Crippen molar-refractivity contribution in [2.75, 3.05) is 23.3 Å². The van der Waals surface area contributed by atoms with Gasteiger partial charge < -0.3 is 15.4 Å². The molecule has 0 atom stereocenters. The highest BCUT2D eigenvalue weighted by Crippen LogP contribution is 2.35. The number of aromatic nitrogens is 1. The predicted octanol–water partition coefficient (Wildman–Crippen LogP) is 4.82. The van der Waals surface area contributed by atoms with Crippen LogP contribution in [0.2, 0.25) is 5.02 Å². The van der Waals surface area contributed by atoms with Crippen molar-refractivity contribution in [1.29, 1.82) is 0 Å². The van der Waals surface area contributed by atoms with Crippen molar-refractivity contribution in [2.45, 2.75) is 18.4 Å². The smallest absolute Gasteiger partial charge is 0.264 e. The highest BCUT2D eigenvalue weighted by molar-refractivity contribution is 7.92. The van der Waals surface area contributed by atoms with E-state index in [-0.39, 0.29) is 39.2 Å². The fourth-order valence-electron chi connectivity index (χ4n) is 3.89. The third-order valence-corrected chi connectivity index (χ3v) is 7.94. The van der Waals surface area contributed by atoms with Gasteiger partial charge >= 0.3 is 0 Å². The maximum absolute atomic E-state index is 13.8. The highest BCUT2D eigenvalue weighted by atomic mass is 35.5.